The van der Waals surface area contributed by atoms with Gasteiger partial charge < -0.3 is 20.1 Å². The second-order valence-corrected chi connectivity index (χ2v) is 6.07. The van der Waals surface area contributed by atoms with Gasteiger partial charge in [0, 0.05) is 37.8 Å². The van der Waals surface area contributed by atoms with Crippen molar-refractivity contribution in [2.24, 2.45) is 0 Å². The molecular formula is C18H22N2O5. The molecule has 1 saturated heterocycles. The molecule has 0 unspecified atom stereocenters. The molecule has 2 N–H and O–H groups in total. The van der Waals surface area contributed by atoms with Crippen LogP contribution < -0.4 is 10.6 Å². The number of ether oxygens (including phenoxy) is 2. The molecule has 0 radical (unpaired) electrons. The Morgan fingerprint density at radius 2 is 1.72 bits per heavy atom. The van der Waals surface area contributed by atoms with Gasteiger partial charge in [-0.3, -0.25) is 4.79 Å². The minimum absolute atomic E-state index is 0.139. The molecule has 1 aliphatic heterocycles. The van der Waals surface area contributed by atoms with Gasteiger partial charge in [-0.25, -0.2) is 9.59 Å². The summed E-state index contributed by atoms with van der Waals surface area (Å²) in [6.07, 6.45) is 3.18. The lowest BCUT2D eigenvalue weighted by Gasteiger charge is -2.29. The lowest BCUT2D eigenvalue weighted by atomic mass is 10.2. The zero-order valence-corrected chi connectivity index (χ0v) is 14.5. The van der Waals surface area contributed by atoms with Crippen LogP contribution in [0.1, 0.15) is 44.0 Å². The van der Waals surface area contributed by atoms with Gasteiger partial charge in [0.05, 0.1) is 0 Å². The summed E-state index contributed by atoms with van der Waals surface area (Å²) >= 11 is 0. The van der Waals surface area contributed by atoms with Gasteiger partial charge in [-0.2, -0.15) is 0 Å². The minimum Gasteiger partial charge on any atom is -0.419 e. The van der Waals surface area contributed by atoms with Crippen molar-refractivity contribution in [1.82, 2.24) is 5.32 Å². The topological polar surface area (TPSA) is 93.7 Å². The van der Waals surface area contributed by atoms with E-state index in [1.807, 2.05) is 0 Å². The first kappa shape index (κ1) is 18.5. The number of benzene rings is 1. The highest BCUT2D eigenvalue weighted by atomic mass is 16.7. The van der Waals surface area contributed by atoms with E-state index in [4.69, 9.17) is 9.47 Å². The number of rotatable bonds is 6. The van der Waals surface area contributed by atoms with Crippen LogP contribution >= 0.6 is 0 Å². The van der Waals surface area contributed by atoms with E-state index in [0.717, 1.165) is 12.8 Å². The standard InChI is InChI=1S/C18H22N2O5/c1-4-5-10-19-15(21)12-6-8-13(9-7-12)20-11-14-16(22)24-18(2,3)25-17(14)23/h6-9,11,20H,4-5,10H2,1-3H3,(H,19,21). The van der Waals surface area contributed by atoms with Crippen LogP contribution in [0.4, 0.5) is 5.69 Å². The fraction of sp³-hybridized carbons (Fsp3) is 0.389. The van der Waals surface area contributed by atoms with E-state index < -0.39 is 17.7 Å². The van der Waals surface area contributed by atoms with Crippen LogP contribution in [-0.4, -0.2) is 30.2 Å². The number of amides is 1. The molecule has 1 aliphatic rings. The Kier molecular flexibility index (Phi) is 5.80. The number of nitrogens with one attached hydrogen (secondary N) is 2. The number of unbranched alkanes of at least 4 members (excludes halogenated alkanes) is 1. The van der Waals surface area contributed by atoms with Gasteiger partial charge in [0.25, 0.3) is 11.7 Å². The van der Waals surface area contributed by atoms with E-state index in [9.17, 15) is 14.4 Å². The van der Waals surface area contributed by atoms with Crippen molar-refractivity contribution in [2.45, 2.75) is 39.4 Å². The largest absolute Gasteiger partial charge is 0.419 e. The predicted molar refractivity (Wildman–Crippen MR) is 91.7 cm³/mol. The first-order valence-corrected chi connectivity index (χ1v) is 8.14. The molecule has 0 atom stereocenters. The Hall–Kier alpha value is -2.83. The summed E-state index contributed by atoms with van der Waals surface area (Å²) in [6.45, 7) is 5.66. The molecule has 0 aliphatic carbocycles. The summed E-state index contributed by atoms with van der Waals surface area (Å²) in [5, 5.41) is 5.65. The second-order valence-electron chi connectivity index (χ2n) is 6.07. The van der Waals surface area contributed by atoms with Crippen LogP contribution in [-0.2, 0) is 19.1 Å². The number of esters is 2. The average Bonchev–Trinajstić information content (AvgIpc) is 2.53. The molecular weight excluding hydrogens is 324 g/mol. The maximum absolute atomic E-state index is 11.9. The molecule has 1 heterocycles. The molecule has 0 aromatic heterocycles. The Morgan fingerprint density at radius 3 is 2.28 bits per heavy atom. The minimum atomic E-state index is -1.27. The molecule has 0 spiro atoms. The Labute approximate surface area is 146 Å². The second kappa shape index (κ2) is 7.83. The van der Waals surface area contributed by atoms with Gasteiger partial charge in [-0.1, -0.05) is 13.3 Å². The van der Waals surface area contributed by atoms with E-state index in [0.29, 0.717) is 17.8 Å². The van der Waals surface area contributed by atoms with Crippen molar-refractivity contribution in [3.05, 3.63) is 41.6 Å². The van der Waals surface area contributed by atoms with Crippen molar-refractivity contribution in [3.8, 4) is 0 Å². The van der Waals surface area contributed by atoms with Gasteiger partial charge in [0.15, 0.2) is 5.57 Å². The summed E-state index contributed by atoms with van der Waals surface area (Å²) in [7, 11) is 0. The molecule has 25 heavy (non-hydrogen) atoms. The van der Waals surface area contributed by atoms with Crippen LogP contribution in [0.3, 0.4) is 0 Å². The molecule has 1 aromatic carbocycles. The monoisotopic (exact) mass is 346 g/mol. The van der Waals surface area contributed by atoms with E-state index in [1.54, 1.807) is 24.3 Å². The molecule has 1 fully saturated rings. The summed E-state index contributed by atoms with van der Waals surface area (Å²) in [5.41, 5.74) is 0.927. The first-order chi connectivity index (χ1) is 11.8. The van der Waals surface area contributed by atoms with Crippen LogP contribution in [0.5, 0.6) is 0 Å². The SMILES string of the molecule is CCCCNC(=O)c1ccc(NC=C2C(=O)OC(C)(C)OC2=O)cc1. The van der Waals surface area contributed by atoms with Crippen molar-refractivity contribution in [2.75, 3.05) is 11.9 Å². The summed E-state index contributed by atoms with van der Waals surface area (Å²) in [5.74, 6) is -2.90. The number of hydrogen-bond acceptors (Lipinski definition) is 6. The fourth-order valence-corrected chi connectivity index (χ4v) is 2.13. The Morgan fingerprint density at radius 1 is 1.12 bits per heavy atom. The Bertz CT molecular complexity index is 670. The van der Waals surface area contributed by atoms with E-state index in [2.05, 4.69) is 17.6 Å². The van der Waals surface area contributed by atoms with Crippen molar-refractivity contribution < 1.29 is 23.9 Å². The van der Waals surface area contributed by atoms with E-state index >= 15 is 0 Å². The van der Waals surface area contributed by atoms with Crippen LogP contribution in [0, 0.1) is 0 Å². The molecule has 1 aromatic rings. The average molecular weight is 346 g/mol. The third kappa shape index (κ3) is 5.07. The lowest BCUT2D eigenvalue weighted by molar-refractivity contribution is -0.222. The molecule has 7 nitrogen and oxygen atoms in total. The number of carbonyl (C=O) groups is 3. The molecule has 134 valence electrons. The van der Waals surface area contributed by atoms with Gasteiger partial charge in [0.2, 0.25) is 0 Å². The lowest BCUT2D eigenvalue weighted by Crippen LogP contribution is -2.42. The van der Waals surface area contributed by atoms with Crippen molar-refractivity contribution in [3.63, 3.8) is 0 Å². The Balaban J connectivity index is 1.98. The van der Waals surface area contributed by atoms with Crippen LogP contribution in [0.25, 0.3) is 0 Å². The third-order valence-corrected chi connectivity index (χ3v) is 3.46. The number of cyclic esters (lactones) is 2. The van der Waals surface area contributed by atoms with Gasteiger partial charge in [0.1, 0.15) is 0 Å². The van der Waals surface area contributed by atoms with Gasteiger partial charge >= 0.3 is 11.9 Å². The third-order valence-electron chi connectivity index (χ3n) is 3.46. The zero-order chi connectivity index (χ0) is 18.4. The summed E-state index contributed by atoms with van der Waals surface area (Å²) in [6, 6.07) is 6.66. The van der Waals surface area contributed by atoms with Crippen molar-refractivity contribution in [1.29, 1.82) is 0 Å². The molecule has 2 rings (SSSR count). The maximum Gasteiger partial charge on any atom is 0.350 e. The predicted octanol–water partition coefficient (Wildman–Crippen LogP) is 2.35. The molecule has 0 bridgehead atoms. The summed E-state index contributed by atoms with van der Waals surface area (Å²) < 4.78 is 10.00. The smallest absolute Gasteiger partial charge is 0.350 e. The molecule has 1 amide bonds. The normalized spacial score (nSPS) is 15.9. The number of carbonyl (C=O) groups excluding carboxylic acids is 3. The van der Waals surface area contributed by atoms with Crippen molar-refractivity contribution >= 4 is 23.5 Å². The van der Waals surface area contributed by atoms with E-state index in [-0.39, 0.29) is 11.5 Å². The first-order valence-electron chi connectivity index (χ1n) is 8.14. The molecule has 0 saturated carbocycles. The van der Waals surface area contributed by atoms with Crippen LogP contribution in [0.15, 0.2) is 36.0 Å². The summed E-state index contributed by atoms with van der Waals surface area (Å²) in [4.78, 5) is 35.6. The van der Waals surface area contributed by atoms with E-state index in [1.165, 1.54) is 20.0 Å². The zero-order valence-electron chi connectivity index (χ0n) is 14.5. The molecule has 7 heteroatoms. The maximum atomic E-state index is 11.9. The van der Waals surface area contributed by atoms with Gasteiger partial charge in [-0.15, -0.1) is 0 Å². The highest BCUT2D eigenvalue weighted by Crippen LogP contribution is 2.22. The highest BCUT2D eigenvalue weighted by Gasteiger charge is 2.38. The quantitative estimate of drug-likeness (QED) is 0.355. The number of anilines is 1. The van der Waals surface area contributed by atoms with Gasteiger partial charge in [-0.05, 0) is 30.7 Å². The van der Waals surface area contributed by atoms with Crippen LogP contribution in [0.2, 0.25) is 0 Å². The highest BCUT2D eigenvalue weighted by molar-refractivity contribution is 6.15. The fourth-order valence-electron chi connectivity index (χ4n) is 2.13. The number of hydrogen-bond donors (Lipinski definition) is 2.